The van der Waals surface area contributed by atoms with Crippen molar-refractivity contribution in [1.82, 2.24) is 15.1 Å². The first-order valence-corrected chi connectivity index (χ1v) is 17.9. The second-order valence-corrected chi connectivity index (χ2v) is 15.5. The minimum absolute atomic E-state index is 0.00720. The Kier molecular flexibility index (Phi) is 11.5. The summed E-state index contributed by atoms with van der Waals surface area (Å²) in [6, 6.07) is 15.3. The first kappa shape index (κ1) is 35.5. The zero-order valence-electron chi connectivity index (χ0n) is 30.1. The summed E-state index contributed by atoms with van der Waals surface area (Å²) in [6.45, 7) is 13.9. The third kappa shape index (κ3) is 9.20. The molecule has 260 valence electrons. The maximum atomic E-state index is 14.4. The van der Waals surface area contributed by atoms with Gasteiger partial charge in [-0.3, -0.25) is 9.48 Å². The average molecular weight is 657 g/mol. The number of aromatic nitrogens is 2. The lowest BCUT2D eigenvalue weighted by molar-refractivity contribution is -0.124. The molecule has 0 saturated heterocycles. The maximum Gasteiger partial charge on any atom is 0.407 e. The van der Waals surface area contributed by atoms with E-state index in [-0.39, 0.29) is 35.5 Å². The van der Waals surface area contributed by atoms with Gasteiger partial charge in [0.25, 0.3) is 0 Å². The SMILES string of the molecule is COc1ccc(C2CCC(CN(C(=O)C3CCC(OC(=O)NCC(C)(C)C)CC3)c3cccc(-c4cnn(C(C)C)c4)c3)CC2)cc1C. The highest BCUT2D eigenvalue weighted by molar-refractivity contribution is 5.95. The highest BCUT2D eigenvalue weighted by Crippen LogP contribution is 2.39. The standard InChI is InChI=1S/C40H56N4O4/c1-27(2)44-25-34(23-42-44)32-9-8-10-35(22-32)43(24-29-11-13-30(14-12-29)33-17-20-37(47-7)28(3)21-33)38(45)31-15-18-36(19-16-31)48-39(46)41-26-40(4,5)6/h8-10,17,20-23,25,27,29-31,36H,11-16,18-19,24,26H2,1-7H3,(H,41,46). The third-order valence-corrected chi connectivity index (χ3v) is 10.1. The highest BCUT2D eigenvalue weighted by Gasteiger charge is 2.34. The van der Waals surface area contributed by atoms with Crippen LogP contribution in [0.5, 0.6) is 5.75 Å². The fourth-order valence-electron chi connectivity index (χ4n) is 7.22. The zero-order chi connectivity index (χ0) is 34.4. The summed E-state index contributed by atoms with van der Waals surface area (Å²) in [5.41, 5.74) is 5.62. The number of amides is 2. The number of alkyl carbamates (subject to hydrolysis) is 1. The lowest BCUT2D eigenvalue weighted by Gasteiger charge is -2.36. The smallest absolute Gasteiger partial charge is 0.407 e. The van der Waals surface area contributed by atoms with Crippen LogP contribution in [0.1, 0.15) is 109 Å². The van der Waals surface area contributed by atoms with Crippen LogP contribution in [0.3, 0.4) is 0 Å². The van der Waals surface area contributed by atoms with E-state index in [9.17, 15) is 9.59 Å². The molecule has 2 aliphatic carbocycles. The van der Waals surface area contributed by atoms with Crippen molar-refractivity contribution in [2.45, 2.75) is 111 Å². The molecule has 8 nitrogen and oxygen atoms in total. The summed E-state index contributed by atoms with van der Waals surface area (Å²) in [4.78, 5) is 28.9. The van der Waals surface area contributed by atoms with Crippen molar-refractivity contribution in [3.63, 3.8) is 0 Å². The van der Waals surface area contributed by atoms with E-state index in [1.165, 1.54) is 11.1 Å². The molecule has 1 N–H and O–H groups in total. The molecule has 0 unspecified atom stereocenters. The third-order valence-electron chi connectivity index (χ3n) is 10.1. The Morgan fingerprint density at radius 2 is 1.71 bits per heavy atom. The lowest BCUT2D eigenvalue weighted by Crippen LogP contribution is -2.42. The Hall–Kier alpha value is -3.81. The number of nitrogens with zero attached hydrogens (tertiary/aromatic N) is 3. The van der Waals surface area contributed by atoms with Gasteiger partial charge in [-0.2, -0.15) is 5.10 Å². The minimum Gasteiger partial charge on any atom is -0.496 e. The molecular formula is C40H56N4O4. The Balaban J connectivity index is 1.28. The summed E-state index contributed by atoms with van der Waals surface area (Å²) in [5.74, 6) is 2.00. The minimum atomic E-state index is -0.362. The van der Waals surface area contributed by atoms with Crippen LogP contribution in [-0.4, -0.2) is 48.1 Å². The van der Waals surface area contributed by atoms with Gasteiger partial charge in [0.15, 0.2) is 0 Å². The molecule has 3 aromatic rings. The summed E-state index contributed by atoms with van der Waals surface area (Å²) in [5, 5.41) is 7.44. The summed E-state index contributed by atoms with van der Waals surface area (Å²) < 4.78 is 13.2. The molecule has 2 aromatic carbocycles. The fourth-order valence-corrected chi connectivity index (χ4v) is 7.22. The molecule has 2 amide bonds. The van der Waals surface area contributed by atoms with Crippen molar-refractivity contribution in [3.05, 3.63) is 66.0 Å². The fraction of sp³-hybridized carbons (Fsp3) is 0.575. The van der Waals surface area contributed by atoms with E-state index in [4.69, 9.17) is 9.47 Å². The topological polar surface area (TPSA) is 85.7 Å². The van der Waals surface area contributed by atoms with Crippen molar-refractivity contribution in [2.24, 2.45) is 17.3 Å². The van der Waals surface area contributed by atoms with Gasteiger partial charge in [0.1, 0.15) is 11.9 Å². The number of aryl methyl sites for hydroxylation is 1. The number of rotatable bonds is 10. The van der Waals surface area contributed by atoms with E-state index in [0.717, 1.165) is 61.1 Å². The van der Waals surface area contributed by atoms with Gasteiger partial charge in [-0.05, 0) is 124 Å². The molecule has 1 aromatic heterocycles. The van der Waals surface area contributed by atoms with Gasteiger partial charge in [-0.15, -0.1) is 0 Å². The Labute approximate surface area is 287 Å². The van der Waals surface area contributed by atoms with Gasteiger partial charge in [0.2, 0.25) is 5.91 Å². The second-order valence-electron chi connectivity index (χ2n) is 15.5. The van der Waals surface area contributed by atoms with E-state index >= 15 is 0 Å². The van der Waals surface area contributed by atoms with Crippen LogP contribution in [0.15, 0.2) is 54.9 Å². The molecule has 2 fully saturated rings. The zero-order valence-corrected chi connectivity index (χ0v) is 30.1. The molecule has 0 atom stereocenters. The van der Waals surface area contributed by atoms with E-state index in [1.54, 1.807) is 7.11 Å². The molecule has 2 saturated carbocycles. The molecule has 0 radical (unpaired) electrons. The Morgan fingerprint density at radius 3 is 2.33 bits per heavy atom. The van der Waals surface area contributed by atoms with Crippen LogP contribution in [0.25, 0.3) is 11.1 Å². The van der Waals surface area contributed by atoms with E-state index in [0.29, 0.717) is 37.8 Å². The summed E-state index contributed by atoms with van der Waals surface area (Å²) in [7, 11) is 1.72. The van der Waals surface area contributed by atoms with Crippen LogP contribution in [0.4, 0.5) is 10.5 Å². The molecule has 48 heavy (non-hydrogen) atoms. The molecule has 1 heterocycles. The van der Waals surface area contributed by atoms with Crippen molar-refractivity contribution in [1.29, 1.82) is 0 Å². The molecule has 0 spiro atoms. The molecule has 2 aliphatic rings. The number of carbonyl (C=O) groups excluding carboxylic acids is 2. The van der Waals surface area contributed by atoms with Crippen molar-refractivity contribution in [2.75, 3.05) is 25.1 Å². The number of methoxy groups -OCH3 is 1. The number of benzene rings is 2. The highest BCUT2D eigenvalue weighted by atomic mass is 16.6. The van der Waals surface area contributed by atoms with Gasteiger partial charge in [0, 0.05) is 42.5 Å². The maximum absolute atomic E-state index is 14.4. The number of hydrogen-bond acceptors (Lipinski definition) is 5. The molecule has 8 heteroatoms. The second kappa shape index (κ2) is 15.6. The molecular weight excluding hydrogens is 600 g/mol. The van der Waals surface area contributed by atoms with Crippen LogP contribution in [0, 0.1) is 24.2 Å². The lowest BCUT2D eigenvalue weighted by atomic mass is 9.78. The van der Waals surface area contributed by atoms with Crippen LogP contribution >= 0.6 is 0 Å². The van der Waals surface area contributed by atoms with E-state index in [2.05, 4.69) is 106 Å². The first-order valence-electron chi connectivity index (χ1n) is 17.9. The van der Waals surface area contributed by atoms with Gasteiger partial charge < -0.3 is 19.7 Å². The van der Waals surface area contributed by atoms with Crippen molar-refractivity contribution in [3.8, 4) is 16.9 Å². The monoisotopic (exact) mass is 656 g/mol. The largest absolute Gasteiger partial charge is 0.496 e. The van der Waals surface area contributed by atoms with Gasteiger partial charge in [0.05, 0.1) is 13.3 Å². The molecule has 5 rings (SSSR count). The number of nitrogens with one attached hydrogen (secondary N) is 1. The predicted molar refractivity (Wildman–Crippen MR) is 193 cm³/mol. The summed E-state index contributed by atoms with van der Waals surface area (Å²) in [6.07, 6.45) is 10.7. The van der Waals surface area contributed by atoms with Gasteiger partial charge in [-0.25, -0.2) is 4.79 Å². The van der Waals surface area contributed by atoms with Crippen molar-refractivity contribution < 1.29 is 19.1 Å². The summed E-state index contributed by atoms with van der Waals surface area (Å²) >= 11 is 0. The number of carbonyl (C=O) groups is 2. The normalized spacial score (nSPS) is 21.5. The van der Waals surface area contributed by atoms with Gasteiger partial charge >= 0.3 is 6.09 Å². The Morgan fingerprint density at radius 1 is 0.979 bits per heavy atom. The first-order chi connectivity index (χ1) is 22.9. The van der Waals surface area contributed by atoms with E-state index < -0.39 is 0 Å². The van der Waals surface area contributed by atoms with E-state index in [1.807, 2.05) is 10.9 Å². The van der Waals surface area contributed by atoms with Gasteiger partial charge in [-0.1, -0.05) is 45.0 Å². The average Bonchev–Trinajstić information content (AvgIpc) is 3.58. The number of hydrogen-bond donors (Lipinski definition) is 1. The molecule has 0 bridgehead atoms. The van der Waals surface area contributed by atoms with Crippen LogP contribution < -0.4 is 15.0 Å². The predicted octanol–water partition coefficient (Wildman–Crippen LogP) is 9.09. The quantitative estimate of drug-likeness (QED) is 0.235. The number of anilines is 1. The number of ether oxygens (including phenoxy) is 2. The van der Waals surface area contributed by atoms with Crippen molar-refractivity contribution >= 4 is 17.7 Å². The van der Waals surface area contributed by atoms with Crippen LogP contribution in [0.2, 0.25) is 0 Å². The van der Waals surface area contributed by atoms with Crippen LogP contribution in [-0.2, 0) is 9.53 Å². The molecule has 0 aliphatic heterocycles. The Bertz CT molecular complexity index is 1520.